The van der Waals surface area contributed by atoms with E-state index in [2.05, 4.69) is 10.3 Å². The number of halogens is 1. The Kier molecular flexibility index (Phi) is 3.89. The molecule has 6 heteroatoms. The molecule has 0 saturated carbocycles. The fraction of sp³-hybridized carbons (Fsp3) is 0.308. The van der Waals surface area contributed by atoms with Crippen molar-refractivity contribution in [3.8, 4) is 0 Å². The molecule has 0 saturated heterocycles. The SMILES string of the molecule is CCOC(=O)c1nnn(Cc2cccc(F)c2)c1C. The summed E-state index contributed by atoms with van der Waals surface area (Å²) in [4.78, 5) is 11.6. The predicted octanol–water partition coefficient (Wildman–Crippen LogP) is 1.95. The third kappa shape index (κ3) is 2.96. The van der Waals surface area contributed by atoms with Crippen molar-refractivity contribution in [2.75, 3.05) is 6.61 Å². The Bertz CT molecular complexity index is 595. The van der Waals surface area contributed by atoms with Gasteiger partial charge in [-0.2, -0.15) is 0 Å². The Hall–Kier alpha value is -2.24. The second-order valence-electron chi connectivity index (χ2n) is 4.03. The van der Waals surface area contributed by atoms with Crippen LogP contribution in [0, 0.1) is 12.7 Å². The van der Waals surface area contributed by atoms with E-state index in [0.717, 1.165) is 5.56 Å². The van der Waals surface area contributed by atoms with Crippen molar-refractivity contribution in [2.24, 2.45) is 0 Å². The lowest BCUT2D eigenvalue weighted by Gasteiger charge is -2.04. The number of carbonyl (C=O) groups is 1. The van der Waals surface area contributed by atoms with Gasteiger partial charge in [-0.05, 0) is 31.5 Å². The van der Waals surface area contributed by atoms with Crippen LogP contribution >= 0.6 is 0 Å². The molecule has 0 radical (unpaired) electrons. The Balaban J connectivity index is 2.20. The minimum Gasteiger partial charge on any atom is -0.461 e. The van der Waals surface area contributed by atoms with Crippen LogP contribution in [0.3, 0.4) is 0 Å². The molecule has 5 nitrogen and oxygen atoms in total. The number of aromatic nitrogens is 3. The number of ether oxygens (including phenoxy) is 1. The Labute approximate surface area is 110 Å². The maximum Gasteiger partial charge on any atom is 0.360 e. The van der Waals surface area contributed by atoms with Crippen molar-refractivity contribution < 1.29 is 13.9 Å². The highest BCUT2D eigenvalue weighted by molar-refractivity contribution is 5.88. The molecule has 2 aromatic rings. The largest absolute Gasteiger partial charge is 0.461 e. The van der Waals surface area contributed by atoms with E-state index in [1.165, 1.54) is 12.1 Å². The average Bonchev–Trinajstić information content (AvgIpc) is 2.71. The fourth-order valence-electron chi connectivity index (χ4n) is 1.71. The monoisotopic (exact) mass is 263 g/mol. The van der Waals surface area contributed by atoms with Crippen molar-refractivity contribution in [2.45, 2.75) is 20.4 Å². The molecule has 0 aliphatic rings. The summed E-state index contributed by atoms with van der Waals surface area (Å²) in [5, 5.41) is 7.68. The van der Waals surface area contributed by atoms with Gasteiger partial charge in [0.15, 0.2) is 5.69 Å². The molecule has 100 valence electrons. The summed E-state index contributed by atoms with van der Waals surface area (Å²) in [7, 11) is 0. The van der Waals surface area contributed by atoms with Crippen LogP contribution in [0.5, 0.6) is 0 Å². The Morgan fingerprint density at radius 3 is 2.95 bits per heavy atom. The molecule has 1 aromatic heterocycles. The summed E-state index contributed by atoms with van der Waals surface area (Å²) in [5.74, 6) is -0.800. The van der Waals surface area contributed by atoms with Crippen LogP contribution in [0.1, 0.15) is 28.7 Å². The van der Waals surface area contributed by atoms with Gasteiger partial charge in [0.25, 0.3) is 0 Å². The number of esters is 1. The molecule has 1 heterocycles. The lowest BCUT2D eigenvalue weighted by atomic mass is 10.2. The molecule has 0 atom stereocenters. The first-order chi connectivity index (χ1) is 9.11. The third-order valence-corrected chi connectivity index (χ3v) is 2.67. The molecule has 19 heavy (non-hydrogen) atoms. The number of nitrogens with zero attached hydrogens (tertiary/aromatic N) is 3. The van der Waals surface area contributed by atoms with E-state index in [0.29, 0.717) is 12.2 Å². The summed E-state index contributed by atoms with van der Waals surface area (Å²) < 4.78 is 19.5. The normalized spacial score (nSPS) is 10.5. The molecule has 0 fully saturated rings. The summed E-state index contributed by atoms with van der Waals surface area (Å²) >= 11 is 0. The highest BCUT2D eigenvalue weighted by Gasteiger charge is 2.17. The van der Waals surface area contributed by atoms with Crippen molar-refractivity contribution in [1.82, 2.24) is 15.0 Å². The summed E-state index contributed by atoms with van der Waals surface area (Å²) in [6, 6.07) is 6.21. The second kappa shape index (κ2) is 5.60. The zero-order valence-electron chi connectivity index (χ0n) is 10.8. The molecule has 0 N–H and O–H groups in total. The number of hydrogen-bond acceptors (Lipinski definition) is 4. The molecule has 1 aromatic carbocycles. The second-order valence-corrected chi connectivity index (χ2v) is 4.03. The number of benzene rings is 1. The van der Waals surface area contributed by atoms with Crippen LogP contribution in [0.4, 0.5) is 4.39 Å². The van der Waals surface area contributed by atoms with Crippen molar-refractivity contribution in [3.05, 3.63) is 47.0 Å². The van der Waals surface area contributed by atoms with E-state index < -0.39 is 5.97 Å². The minimum atomic E-state index is -0.495. The molecular formula is C13H14FN3O2. The van der Waals surface area contributed by atoms with Crippen molar-refractivity contribution in [3.63, 3.8) is 0 Å². The predicted molar refractivity (Wildman–Crippen MR) is 66.2 cm³/mol. The van der Waals surface area contributed by atoms with Crippen molar-refractivity contribution >= 4 is 5.97 Å². The van der Waals surface area contributed by atoms with Crippen LogP contribution in [-0.2, 0) is 11.3 Å². The summed E-state index contributed by atoms with van der Waals surface area (Å²) in [5.41, 5.74) is 1.55. The molecule has 0 bridgehead atoms. The number of rotatable bonds is 4. The lowest BCUT2D eigenvalue weighted by molar-refractivity contribution is 0.0518. The van der Waals surface area contributed by atoms with Gasteiger partial charge in [0.2, 0.25) is 0 Å². The zero-order valence-corrected chi connectivity index (χ0v) is 10.8. The van der Waals surface area contributed by atoms with Gasteiger partial charge >= 0.3 is 5.97 Å². The zero-order chi connectivity index (χ0) is 13.8. The quantitative estimate of drug-likeness (QED) is 0.791. The van der Waals surface area contributed by atoms with Crippen LogP contribution in [-0.4, -0.2) is 27.6 Å². The maximum atomic E-state index is 13.1. The summed E-state index contributed by atoms with van der Waals surface area (Å²) in [6.45, 7) is 4.10. The third-order valence-electron chi connectivity index (χ3n) is 2.67. The average molecular weight is 263 g/mol. The molecular weight excluding hydrogens is 249 g/mol. The molecule has 0 spiro atoms. The highest BCUT2D eigenvalue weighted by atomic mass is 19.1. The summed E-state index contributed by atoms with van der Waals surface area (Å²) in [6.07, 6.45) is 0. The lowest BCUT2D eigenvalue weighted by Crippen LogP contribution is -2.09. The van der Waals surface area contributed by atoms with Crippen molar-refractivity contribution in [1.29, 1.82) is 0 Å². The van der Waals surface area contributed by atoms with Crippen LogP contribution in [0.25, 0.3) is 0 Å². The first kappa shape index (κ1) is 13.2. The molecule has 0 aliphatic carbocycles. The minimum absolute atomic E-state index is 0.193. The van der Waals surface area contributed by atoms with Gasteiger partial charge in [-0.25, -0.2) is 13.9 Å². The Morgan fingerprint density at radius 1 is 1.47 bits per heavy atom. The smallest absolute Gasteiger partial charge is 0.360 e. The van der Waals surface area contributed by atoms with Crippen LogP contribution in [0.2, 0.25) is 0 Å². The molecule has 0 amide bonds. The highest BCUT2D eigenvalue weighted by Crippen LogP contribution is 2.10. The topological polar surface area (TPSA) is 57.0 Å². The maximum absolute atomic E-state index is 13.1. The fourth-order valence-corrected chi connectivity index (χ4v) is 1.71. The number of hydrogen-bond donors (Lipinski definition) is 0. The van der Waals surface area contributed by atoms with Gasteiger partial charge in [0.1, 0.15) is 5.82 Å². The van der Waals surface area contributed by atoms with Gasteiger partial charge in [-0.3, -0.25) is 0 Å². The van der Waals surface area contributed by atoms with Gasteiger partial charge in [0, 0.05) is 0 Å². The van der Waals surface area contributed by atoms with Gasteiger partial charge < -0.3 is 4.74 Å². The Morgan fingerprint density at radius 2 is 2.26 bits per heavy atom. The van der Waals surface area contributed by atoms with Crippen LogP contribution in [0.15, 0.2) is 24.3 Å². The van der Waals surface area contributed by atoms with E-state index >= 15 is 0 Å². The van der Waals surface area contributed by atoms with E-state index in [9.17, 15) is 9.18 Å². The van der Waals surface area contributed by atoms with E-state index in [-0.39, 0.29) is 18.1 Å². The van der Waals surface area contributed by atoms with E-state index in [4.69, 9.17) is 4.74 Å². The first-order valence-electron chi connectivity index (χ1n) is 5.93. The molecule has 0 unspecified atom stereocenters. The van der Waals surface area contributed by atoms with E-state index in [1.54, 1.807) is 30.7 Å². The van der Waals surface area contributed by atoms with Gasteiger partial charge in [0.05, 0.1) is 18.8 Å². The molecule has 0 aliphatic heterocycles. The van der Waals surface area contributed by atoms with Crippen LogP contribution < -0.4 is 0 Å². The van der Waals surface area contributed by atoms with E-state index in [1.807, 2.05) is 0 Å². The molecule has 2 rings (SSSR count). The number of carbonyl (C=O) groups excluding carboxylic acids is 1. The first-order valence-corrected chi connectivity index (χ1v) is 5.93. The van der Waals surface area contributed by atoms with Gasteiger partial charge in [-0.15, -0.1) is 5.10 Å². The van der Waals surface area contributed by atoms with Gasteiger partial charge in [-0.1, -0.05) is 17.3 Å². The standard InChI is InChI=1S/C13H14FN3O2/c1-3-19-13(18)12-9(2)17(16-15-12)8-10-5-4-6-11(14)7-10/h4-7H,3,8H2,1-2H3.